The molecule has 0 bridgehead atoms. The van der Waals surface area contributed by atoms with Gasteiger partial charge < -0.3 is 28.4 Å². The molecule has 3 aliphatic carbocycles. The summed E-state index contributed by atoms with van der Waals surface area (Å²) in [5.41, 5.74) is -3.86. The number of Topliss-reactive ketones (excluding diaryl/α,β-unsaturated/α-hetero) is 1. The zero-order valence-electron chi connectivity index (χ0n) is 26.0. The van der Waals surface area contributed by atoms with Gasteiger partial charge in [0, 0.05) is 32.6 Å². The Bertz CT molecular complexity index is 1270. The molecule has 0 aromatic rings. The van der Waals surface area contributed by atoms with Crippen LogP contribution in [0.15, 0.2) is 11.6 Å². The molecule has 4 fully saturated rings. The Morgan fingerprint density at radius 1 is 0.857 bits per heavy atom. The summed E-state index contributed by atoms with van der Waals surface area (Å²) in [6.07, 6.45) is -2.03. The number of hydrogen-bond donors (Lipinski definition) is 0. The Kier molecular flexibility index (Phi) is 7.01. The van der Waals surface area contributed by atoms with Crippen LogP contribution in [-0.2, 0) is 52.4 Å². The van der Waals surface area contributed by atoms with Gasteiger partial charge in [-0.25, -0.2) is 4.79 Å². The number of carbonyl (C=O) groups is 5. The Labute approximate surface area is 245 Å². The molecule has 0 spiro atoms. The molecule has 42 heavy (non-hydrogen) atoms. The van der Waals surface area contributed by atoms with Crippen LogP contribution in [0.5, 0.6) is 0 Å². The minimum Gasteiger partial charge on any atom is -0.461 e. The maximum atomic E-state index is 14.5. The van der Waals surface area contributed by atoms with Gasteiger partial charge in [0.2, 0.25) is 0 Å². The van der Waals surface area contributed by atoms with Gasteiger partial charge in [-0.3, -0.25) is 19.2 Å². The van der Waals surface area contributed by atoms with E-state index in [9.17, 15) is 24.0 Å². The third-order valence-electron chi connectivity index (χ3n) is 10.4. The number of hydrogen-bond acceptors (Lipinski definition) is 11. The molecule has 2 saturated heterocycles. The molecular weight excluding hydrogens is 548 g/mol. The van der Waals surface area contributed by atoms with Crippen molar-refractivity contribution in [2.45, 2.75) is 123 Å². The predicted molar refractivity (Wildman–Crippen MR) is 145 cm³/mol. The largest absolute Gasteiger partial charge is 0.461 e. The van der Waals surface area contributed by atoms with Crippen LogP contribution in [0, 0.1) is 29.1 Å². The van der Waals surface area contributed by atoms with E-state index in [-0.39, 0.29) is 30.1 Å². The summed E-state index contributed by atoms with van der Waals surface area (Å²) in [6.45, 7) is 16.5. The normalized spacial score (nSPS) is 46.4. The standard InChI is InChI=1S/C31H42O11/c1-13-11-31-26(40-27(36)29(10)16(4)41-29)14(2)12-30(31,42-31)25(35)15(3)23(38-18(6)33)20-21(28(20,8)9)24(39-19(7)34)22(13)37-17(5)32/h11,14-16,20-24,26H,12H2,1-10H3. The van der Waals surface area contributed by atoms with E-state index in [4.69, 9.17) is 28.4 Å². The van der Waals surface area contributed by atoms with Crippen LogP contribution in [0.1, 0.15) is 75.7 Å². The average Bonchev–Trinajstić information content (AvgIpc) is 3.78. The van der Waals surface area contributed by atoms with Crippen molar-refractivity contribution in [1.29, 1.82) is 0 Å². The Balaban J connectivity index is 1.66. The molecule has 232 valence electrons. The smallest absolute Gasteiger partial charge is 0.341 e. The first kappa shape index (κ1) is 30.7. The molecule has 11 heteroatoms. The maximum Gasteiger partial charge on any atom is 0.341 e. The van der Waals surface area contributed by atoms with E-state index < -0.39 is 82.3 Å². The summed E-state index contributed by atoms with van der Waals surface area (Å²) in [7, 11) is 0. The van der Waals surface area contributed by atoms with Crippen molar-refractivity contribution in [3.05, 3.63) is 11.6 Å². The van der Waals surface area contributed by atoms with E-state index in [0.717, 1.165) is 0 Å². The lowest BCUT2D eigenvalue weighted by molar-refractivity contribution is -0.166. The molecule has 0 radical (unpaired) electrons. The molecule has 0 N–H and O–H groups in total. The molecule has 11 nitrogen and oxygen atoms in total. The number of fused-ring (bicyclic) bond motifs is 1. The third-order valence-corrected chi connectivity index (χ3v) is 10.4. The first-order valence-electron chi connectivity index (χ1n) is 14.7. The van der Waals surface area contributed by atoms with E-state index in [1.165, 1.54) is 20.8 Å². The quantitative estimate of drug-likeness (QED) is 0.201. The highest BCUT2D eigenvalue weighted by Gasteiger charge is 2.84. The van der Waals surface area contributed by atoms with Crippen molar-refractivity contribution in [3.63, 3.8) is 0 Å². The second-order valence-electron chi connectivity index (χ2n) is 13.7. The molecule has 5 aliphatic rings. The van der Waals surface area contributed by atoms with Crippen LogP contribution in [0.3, 0.4) is 0 Å². The first-order chi connectivity index (χ1) is 19.3. The Hall–Kier alpha value is -2.79. The highest BCUT2D eigenvalue weighted by atomic mass is 16.7. The molecule has 0 amide bonds. The zero-order chi connectivity index (χ0) is 31.3. The molecule has 12 unspecified atom stereocenters. The number of ketones is 1. The van der Waals surface area contributed by atoms with Crippen molar-refractivity contribution in [2.75, 3.05) is 0 Å². The zero-order valence-corrected chi connectivity index (χ0v) is 26.0. The molecular formula is C31H42O11. The second-order valence-corrected chi connectivity index (χ2v) is 13.7. The van der Waals surface area contributed by atoms with Crippen LogP contribution in [0.4, 0.5) is 0 Å². The highest BCUT2D eigenvalue weighted by molar-refractivity contribution is 5.96. The van der Waals surface area contributed by atoms with Crippen molar-refractivity contribution >= 4 is 29.7 Å². The fraction of sp³-hybridized carbons (Fsp3) is 0.774. The lowest BCUT2D eigenvalue weighted by Gasteiger charge is -2.30. The summed E-state index contributed by atoms with van der Waals surface area (Å²) < 4.78 is 35.5. The van der Waals surface area contributed by atoms with Gasteiger partial charge in [0.1, 0.15) is 18.3 Å². The fourth-order valence-electron chi connectivity index (χ4n) is 7.99. The van der Waals surface area contributed by atoms with Gasteiger partial charge in [0.25, 0.3) is 0 Å². The van der Waals surface area contributed by atoms with Gasteiger partial charge >= 0.3 is 23.9 Å². The summed E-state index contributed by atoms with van der Waals surface area (Å²) >= 11 is 0. The molecule has 2 heterocycles. The molecule has 2 aliphatic heterocycles. The van der Waals surface area contributed by atoms with Gasteiger partial charge in [-0.1, -0.05) is 27.7 Å². The van der Waals surface area contributed by atoms with Crippen molar-refractivity contribution < 1.29 is 52.4 Å². The molecule has 12 atom stereocenters. The maximum absolute atomic E-state index is 14.5. The lowest BCUT2D eigenvalue weighted by Crippen LogP contribution is -2.44. The summed E-state index contributed by atoms with van der Waals surface area (Å²) in [6, 6.07) is 0. The van der Waals surface area contributed by atoms with Crippen LogP contribution >= 0.6 is 0 Å². The minimum absolute atomic E-state index is 0.262. The number of epoxide rings is 2. The van der Waals surface area contributed by atoms with E-state index >= 15 is 0 Å². The van der Waals surface area contributed by atoms with Gasteiger partial charge in [-0.05, 0) is 50.2 Å². The second kappa shape index (κ2) is 9.61. The molecule has 0 aromatic heterocycles. The molecule has 5 rings (SSSR count). The topological polar surface area (TPSA) is 147 Å². The average molecular weight is 591 g/mol. The van der Waals surface area contributed by atoms with E-state index in [0.29, 0.717) is 5.57 Å². The summed E-state index contributed by atoms with van der Waals surface area (Å²) in [5.74, 6) is -4.40. The van der Waals surface area contributed by atoms with Gasteiger partial charge in [0.05, 0.1) is 12.0 Å². The number of rotatable bonds is 5. The van der Waals surface area contributed by atoms with Crippen molar-refractivity contribution in [2.24, 2.45) is 29.1 Å². The summed E-state index contributed by atoms with van der Waals surface area (Å²) in [4.78, 5) is 64.8. The van der Waals surface area contributed by atoms with E-state index in [2.05, 4.69) is 0 Å². The summed E-state index contributed by atoms with van der Waals surface area (Å²) in [5, 5.41) is 0. The predicted octanol–water partition coefficient (Wildman–Crippen LogP) is 2.86. The Morgan fingerprint density at radius 3 is 1.90 bits per heavy atom. The van der Waals surface area contributed by atoms with Crippen LogP contribution in [0.25, 0.3) is 0 Å². The fourth-order valence-corrected chi connectivity index (χ4v) is 7.99. The van der Waals surface area contributed by atoms with Crippen LogP contribution < -0.4 is 0 Å². The van der Waals surface area contributed by atoms with Crippen LogP contribution in [0.2, 0.25) is 0 Å². The van der Waals surface area contributed by atoms with E-state index in [1.54, 1.807) is 33.8 Å². The molecule has 2 saturated carbocycles. The van der Waals surface area contributed by atoms with Gasteiger partial charge in [-0.15, -0.1) is 0 Å². The SMILES string of the molecule is CC(=O)OC1C(C)=CC23OC2(CC(C)C3OC(=O)C2(C)OC2C)C(=O)C(C)C(OC(C)=O)C2C(C1OC(C)=O)C2(C)C. The monoisotopic (exact) mass is 590 g/mol. The number of ether oxygens (including phenoxy) is 6. The highest BCUT2D eigenvalue weighted by Crippen LogP contribution is 2.69. The first-order valence-corrected chi connectivity index (χ1v) is 14.7. The Morgan fingerprint density at radius 2 is 1.38 bits per heavy atom. The van der Waals surface area contributed by atoms with Crippen molar-refractivity contribution in [1.82, 2.24) is 0 Å². The molecule has 0 aromatic carbocycles. The van der Waals surface area contributed by atoms with Crippen LogP contribution in [-0.4, -0.2) is 77.0 Å². The van der Waals surface area contributed by atoms with Crippen molar-refractivity contribution in [3.8, 4) is 0 Å². The number of carbonyl (C=O) groups excluding carboxylic acids is 5. The lowest BCUT2D eigenvalue weighted by atomic mass is 9.80. The minimum atomic E-state index is -1.37. The van der Waals surface area contributed by atoms with Gasteiger partial charge in [0.15, 0.2) is 28.7 Å². The third kappa shape index (κ3) is 4.41. The van der Waals surface area contributed by atoms with E-state index in [1.807, 2.05) is 20.8 Å². The number of esters is 4. The van der Waals surface area contributed by atoms with Gasteiger partial charge in [-0.2, -0.15) is 0 Å².